The molecule has 0 atom stereocenters. The molecule has 0 saturated heterocycles. The lowest BCUT2D eigenvalue weighted by Gasteiger charge is -2.21. The van der Waals surface area contributed by atoms with Crippen LogP contribution in [0.3, 0.4) is 0 Å². The van der Waals surface area contributed by atoms with E-state index in [9.17, 15) is 4.79 Å². The van der Waals surface area contributed by atoms with Crippen molar-refractivity contribution in [3.63, 3.8) is 0 Å². The average Bonchev–Trinajstić information content (AvgIpc) is 2.45. The summed E-state index contributed by atoms with van der Waals surface area (Å²) in [6, 6.07) is 2.03. The molecule has 0 aromatic carbocycles. The molecule has 0 amide bonds. The summed E-state index contributed by atoms with van der Waals surface area (Å²) in [6.45, 7) is 4.01. The van der Waals surface area contributed by atoms with E-state index in [2.05, 4.69) is 15.9 Å². The highest BCUT2D eigenvalue weighted by atomic mass is 79.9. The molecule has 0 fully saturated rings. The van der Waals surface area contributed by atoms with Gasteiger partial charge in [-0.3, -0.25) is 4.79 Å². The topological polar surface area (TPSA) is 37.3 Å². The van der Waals surface area contributed by atoms with Crippen LogP contribution in [0.2, 0.25) is 0 Å². The first-order valence-electron chi connectivity index (χ1n) is 4.84. The fourth-order valence-electron chi connectivity index (χ4n) is 1.45. The van der Waals surface area contributed by atoms with Gasteiger partial charge in [-0.05, 0) is 45.6 Å². The van der Waals surface area contributed by atoms with Crippen LogP contribution >= 0.6 is 27.3 Å². The van der Waals surface area contributed by atoms with Gasteiger partial charge in [0.15, 0.2) is 0 Å². The van der Waals surface area contributed by atoms with Crippen LogP contribution in [0.1, 0.15) is 31.6 Å². The number of hydrogen-bond acceptors (Lipinski definition) is 2. The maximum atomic E-state index is 10.6. The molecule has 2 nitrogen and oxygen atoms in total. The lowest BCUT2D eigenvalue weighted by molar-refractivity contribution is -0.139. The molecule has 0 bridgehead atoms. The second-order valence-corrected chi connectivity index (χ2v) is 6.28. The summed E-state index contributed by atoms with van der Waals surface area (Å²) in [5, 5.41) is 10.8. The molecule has 0 aliphatic rings. The monoisotopic (exact) mass is 290 g/mol. The van der Waals surface area contributed by atoms with E-state index in [1.807, 2.05) is 25.3 Å². The summed E-state index contributed by atoms with van der Waals surface area (Å²) in [6.07, 6.45) is 2.08. The van der Waals surface area contributed by atoms with Crippen LogP contribution in [-0.2, 0) is 11.2 Å². The Bertz CT molecular complexity index is 344. The number of aryl methyl sites for hydroxylation is 1. The lowest BCUT2D eigenvalue weighted by atomic mass is 9.84. The molecule has 1 heterocycles. The summed E-state index contributed by atoms with van der Waals surface area (Å²) >= 11 is 5.19. The normalized spacial score (nSPS) is 11.7. The van der Waals surface area contributed by atoms with Crippen LogP contribution in [0, 0.1) is 5.41 Å². The zero-order valence-corrected chi connectivity index (χ0v) is 11.3. The molecule has 1 aromatic rings. The van der Waals surface area contributed by atoms with Crippen LogP contribution in [0.4, 0.5) is 0 Å². The van der Waals surface area contributed by atoms with Crippen molar-refractivity contribution < 1.29 is 9.90 Å². The molecule has 4 heteroatoms. The fraction of sp³-hybridized carbons (Fsp3) is 0.545. The predicted octanol–water partition coefficient (Wildman–Crippen LogP) is 3.94. The zero-order valence-electron chi connectivity index (χ0n) is 8.92. The number of carboxylic acid groups (broad SMARTS) is 1. The number of aliphatic carboxylic acids is 1. The summed E-state index contributed by atoms with van der Waals surface area (Å²) in [5.41, 5.74) is -0.130. The van der Waals surface area contributed by atoms with Gasteiger partial charge in [-0.2, -0.15) is 0 Å². The third kappa shape index (κ3) is 4.34. The van der Waals surface area contributed by atoms with Crippen molar-refractivity contribution in [2.45, 2.75) is 33.1 Å². The highest BCUT2D eigenvalue weighted by Crippen LogP contribution is 2.31. The van der Waals surface area contributed by atoms with Crippen molar-refractivity contribution in [3.8, 4) is 0 Å². The van der Waals surface area contributed by atoms with Crippen molar-refractivity contribution >= 4 is 33.2 Å². The highest BCUT2D eigenvalue weighted by Gasteiger charge is 2.21. The molecule has 1 N–H and O–H groups in total. The Labute approximate surface area is 102 Å². The third-order valence-corrected chi connectivity index (χ3v) is 4.34. The van der Waals surface area contributed by atoms with Gasteiger partial charge in [0.25, 0.3) is 0 Å². The van der Waals surface area contributed by atoms with E-state index < -0.39 is 5.97 Å². The van der Waals surface area contributed by atoms with Crippen molar-refractivity contribution in [2.24, 2.45) is 5.41 Å². The first-order valence-corrected chi connectivity index (χ1v) is 6.52. The van der Waals surface area contributed by atoms with Gasteiger partial charge in [0, 0.05) is 9.35 Å². The van der Waals surface area contributed by atoms with Gasteiger partial charge in [0.2, 0.25) is 0 Å². The van der Waals surface area contributed by atoms with E-state index in [0.717, 1.165) is 17.3 Å². The first kappa shape index (κ1) is 12.7. The smallest absolute Gasteiger partial charge is 0.303 e. The second kappa shape index (κ2) is 5.12. The SMILES string of the molecule is CC(C)(CCc1sccc1Br)CC(=O)O. The molecule has 0 aliphatic heterocycles. The Hall–Kier alpha value is -0.350. The second-order valence-electron chi connectivity index (χ2n) is 4.43. The van der Waals surface area contributed by atoms with Gasteiger partial charge in [-0.25, -0.2) is 0 Å². The summed E-state index contributed by atoms with van der Waals surface area (Å²) in [7, 11) is 0. The molecule has 1 aromatic heterocycles. The van der Waals surface area contributed by atoms with Crippen LogP contribution in [0.25, 0.3) is 0 Å². The Morgan fingerprint density at radius 2 is 2.27 bits per heavy atom. The number of hydrogen-bond donors (Lipinski definition) is 1. The van der Waals surface area contributed by atoms with Gasteiger partial charge in [-0.1, -0.05) is 13.8 Å². The summed E-state index contributed by atoms with van der Waals surface area (Å²) in [4.78, 5) is 11.9. The van der Waals surface area contributed by atoms with Crippen LogP contribution < -0.4 is 0 Å². The van der Waals surface area contributed by atoms with Gasteiger partial charge >= 0.3 is 5.97 Å². The van der Waals surface area contributed by atoms with Crippen molar-refractivity contribution in [1.82, 2.24) is 0 Å². The van der Waals surface area contributed by atoms with E-state index in [0.29, 0.717) is 0 Å². The molecule has 0 saturated carbocycles. The van der Waals surface area contributed by atoms with Gasteiger partial charge < -0.3 is 5.11 Å². The fourth-order valence-corrected chi connectivity index (χ4v) is 3.01. The van der Waals surface area contributed by atoms with Crippen LogP contribution in [-0.4, -0.2) is 11.1 Å². The van der Waals surface area contributed by atoms with Gasteiger partial charge in [-0.15, -0.1) is 11.3 Å². The van der Waals surface area contributed by atoms with E-state index in [4.69, 9.17) is 5.11 Å². The Morgan fingerprint density at radius 3 is 2.73 bits per heavy atom. The standard InChI is InChI=1S/C11H15BrO2S/c1-11(2,7-10(13)14)5-3-9-8(12)4-6-15-9/h4,6H,3,5,7H2,1-2H3,(H,13,14). The molecule has 15 heavy (non-hydrogen) atoms. The van der Waals surface area contributed by atoms with Crippen molar-refractivity contribution in [2.75, 3.05) is 0 Å². The predicted molar refractivity (Wildman–Crippen MR) is 66.4 cm³/mol. The molecular formula is C11H15BrO2S. The van der Waals surface area contributed by atoms with Crippen LogP contribution in [0.5, 0.6) is 0 Å². The van der Waals surface area contributed by atoms with E-state index in [-0.39, 0.29) is 11.8 Å². The summed E-state index contributed by atoms with van der Waals surface area (Å²) in [5.74, 6) is -0.717. The minimum Gasteiger partial charge on any atom is -0.481 e. The molecule has 0 unspecified atom stereocenters. The molecule has 0 radical (unpaired) electrons. The van der Waals surface area contributed by atoms with Gasteiger partial charge in [0.05, 0.1) is 6.42 Å². The molecule has 0 spiro atoms. The number of carboxylic acids is 1. The molecule has 0 aliphatic carbocycles. The van der Waals surface area contributed by atoms with Crippen LogP contribution in [0.15, 0.2) is 15.9 Å². The maximum absolute atomic E-state index is 10.6. The molecule has 1 rings (SSSR count). The number of carbonyl (C=O) groups is 1. The maximum Gasteiger partial charge on any atom is 0.303 e. The minimum absolute atomic E-state index is 0.130. The zero-order chi connectivity index (χ0) is 11.5. The van der Waals surface area contributed by atoms with E-state index in [1.165, 1.54) is 4.88 Å². The Morgan fingerprint density at radius 1 is 1.60 bits per heavy atom. The lowest BCUT2D eigenvalue weighted by Crippen LogP contribution is -2.17. The largest absolute Gasteiger partial charge is 0.481 e. The minimum atomic E-state index is -0.717. The quantitative estimate of drug-likeness (QED) is 0.892. The first-order chi connectivity index (χ1) is 6.91. The molecule has 84 valence electrons. The van der Waals surface area contributed by atoms with E-state index in [1.54, 1.807) is 11.3 Å². The molecular weight excluding hydrogens is 276 g/mol. The third-order valence-electron chi connectivity index (χ3n) is 2.35. The van der Waals surface area contributed by atoms with Crippen molar-refractivity contribution in [1.29, 1.82) is 0 Å². The van der Waals surface area contributed by atoms with Gasteiger partial charge in [0.1, 0.15) is 0 Å². The number of rotatable bonds is 5. The number of thiophene rings is 1. The highest BCUT2D eigenvalue weighted by molar-refractivity contribution is 9.10. The van der Waals surface area contributed by atoms with E-state index >= 15 is 0 Å². The van der Waals surface area contributed by atoms with Crippen molar-refractivity contribution in [3.05, 3.63) is 20.8 Å². The Balaban J connectivity index is 2.49. The summed E-state index contributed by atoms with van der Waals surface area (Å²) < 4.78 is 1.14. The Kier molecular flexibility index (Phi) is 4.34. The number of halogens is 1. The average molecular weight is 291 g/mol.